The highest BCUT2D eigenvalue weighted by Crippen LogP contribution is 2.14. The van der Waals surface area contributed by atoms with Crippen molar-refractivity contribution in [2.45, 2.75) is 148 Å². The lowest BCUT2D eigenvalue weighted by molar-refractivity contribution is -0.142. The van der Waals surface area contributed by atoms with Gasteiger partial charge in [-0.15, -0.1) is 0 Å². The number of carboxylic acids is 1. The van der Waals surface area contributed by atoms with Crippen LogP contribution in [0, 0.1) is 0 Å². The van der Waals surface area contributed by atoms with Crippen LogP contribution in [0.5, 0.6) is 0 Å². The van der Waals surface area contributed by atoms with E-state index in [1.807, 2.05) is 6.92 Å². The number of hydrogen-bond donors (Lipinski definition) is 3. The van der Waals surface area contributed by atoms with Gasteiger partial charge >= 0.3 is 5.97 Å². The monoisotopic (exact) mass is 569 g/mol. The maximum Gasteiger partial charge on any atom is 0.322 e. The molecule has 0 unspecified atom stereocenters. The number of carbonyl (C=O) groups excluding carboxylic acids is 3. The van der Waals surface area contributed by atoms with Crippen molar-refractivity contribution in [2.24, 2.45) is 0 Å². The molecular formula is C31H59N3O6. The van der Waals surface area contributed by atoms with Crippen molar-refractivity contribution in [3.05, 3.63) is 0 Å². The van der Waals surface area contributed by atoms with Gasteiger partial charge in [0, 0.05) is 20.1 Å². The van der Waals surface area contributed by atoms with Crippen LogP contribution in [0.25, 0.3) is 0 Å². The van der Waals surface area contributed by atoms with Crippen molar-refractivity contribution in [1.82, 2.24) is 15.5 Å². The topological polar surface area (TPSA) is 125 Å². The van der Waals surface area contributed by atoms with Gasteiger partial charge in [0.25, 0.3) is 0 Å². The average molecular weight is 570 g/mol. The molecule has 0 heterocycles. The molecule has 0 aromatic carbocycles. The number of carbonyl (C=O) groups is 4. The first kappa shape index (κ1) is 37.8. The molecule has 3 amide bonds. The van der Waals surface area contributed by atoms with Crippen LogP contribution in [0.2, 0.25) is 0 Å². The molecule has 234 valence electrons. The predicted molar refractivity (Wildman–Crippen MR) is 160 cm³/mol. The molecule has 0 aliphatic heterocycles. The lowest BCUT2D eigenvalue weighted by atomic mass is 10.0. The summed E-state index contributed by atoms with van der Waals surface area (Å²) >= 11 is 0. The van der Waals surface area contributed by atoms with Gasteiger partial charge in [0.05, 0.1) is 6.61 Å². The number of amides is 3. The summed E-state index contributed by atoms with van der Waals surface area (Å²) < 4.78 is 5.65. The molecule has 0 bridgehead atoms. The number of nitrogens with one attached hydrogen (secondary N) is 2. The normalized spacial score (nSPS) is 12.5. The van der Waals surface area contributed by atoms with Crippen LogP contribution in [0.1, 0.15) is 136 Å². The summed E-state index contributed by atoms with van der Waals surface area (Å²) in [6.07, 6.45) is 21.0. The molecule has 9 nitrogen and oxygen atoms in total. The molecule has 0 saturated carbocycles. The summed E-state index contributed by atoms with van der Waals surface area (Å²) in [5.74, 6) is -2.40. The van der Waals surface area contributed by atoms with Crippen LogP contribution < -0.4 is 10.6 Å². The highest BCUT2D eigenvalue weighted by Gasteiger charge is 2.29. The third kappa shape index (κ3) is 20.7. The molecule has 0 spiro atoms. The molecule has 0 aromatic heterocycles. The fourth-order valence-corrected chi connectivity index (χ4v) is 4.49. The second kappa shape index (κ2) is 25.8. The second-order valence-electron chi connectivity index (χ2n) is 11.0. The van der Waals surface area contributed by atoms with E-state index in [1.165, 1.54) is 88.9 Å². The predicted octanol–water partition coefficient (Wildman–Crippen LogP) is 5.60. The number of hydrogen-bond acceptors (Lipinski definition) is 5. The van der Waals surface area contributed by atoms with Crippen molar-refractivity contribution in [1.29, 1.82) is 0 Å². The largest absolute Gasteiger partial charge is 0.480 e. The van der Waals surface area contributed by atoms with Crippen molar-refractivity contribution >= 4 is 23.7 Å². The average Bonchev–Trinajstić information content (AvgIpc) is 2.93. The van der Waals surface area contributed by atoms with E-state index in [0.717, 1.165) is 32.1 Å². The Hall–Kier alpha value is -2.16. The van der Waals surface area contributed by atoms with Crippen molar-refractivity contribution in [3.63, 3.8) is 0 Å². The molecular weight excluding hydrogens is 510 g/mol. The van der Waals surface area contributed by atoms with Gasteiger partial charge in [0.1, 0.15) is 18.6 Å². The zero-order valence-corrected chi connectivity index (χ0v) is 25.9. The van der Waals surface area contributed by atoms with Gasteiger partial charge in [-0.25, -0.2) is 0 Å². The molecule has 0 radical (unpaired) electrons. The van der Waals surface area contributed by atoms with E-state index in [9.17, 15) is 19.2 Å². The molecule has 3 N–H and O–H groups in total. The van der Waals surface area contributed by atoms with Crippen LogP contribution in [0.15, 0.2) is 0 Å². The van der Waals surface area contributed by atoms with E-state index in [-0.39, 0.29) is 12.5 Å². The van der Waals surface area contributed by atoms with E-state index in [2.05, 4.69) is 17.6 Å². The quantitative estimate of drug-likeness (QED) is 0.111. The van der Waals surface area contributed by atoms with Gasteiger partial charge in [-0.3, -0.25) is 19.2 Å². The summed E-state index contributed by atoms with van der Waals surface area (Å²) in [4.78, 5) is 50.0. The summed E-state index contributed by atoms with van der Waals surface area (Å²) in [7, 11) is 1.59. The molecule has 2 atom stereocenters. The van der Waals surface area contributed by atoms with Crippen LogP contribution >= 0.6 is 0 Å². The molecule has 0 aliphatic carbocycles. The lowest BCUT2D eigenvalue weighted by Gasteiger charge is -2.28. The maximum absolute atomic E-state index is 12.9. The van der Waals surface area contributed by atoms with Crippen molar-refractivity contribution in [3.8, 4) is 0 Å². The smallest absolute Gasteiger partial charge is 0.322 e. The van der Waals surface area contributed by atoms with E-state index in [0.29, 0.717) is 13.0 Å². The Morgan fingerprint density at radius 1 is 0.725 bits per heavy atom. The van der Waals surface area contributed by atoms with Gasteiger partial charge in [0.2, 0.25) is 17.7 Å². The van der Waals surface area contributed by atoms with Crippen molar-refractivity contribution in [2.75, 3.05) is 26.8 Å². The molecule has 0 aliphatic rings. The fourth-order valence-electron chi connectivity index (χ4n) is 4.49. The number of unbranched alkanes of at least 4 members (excludes halogenated alkanes) is 15. The minimum absolute atomic E-state index is 0.0381. The Kier molecular flexibility index (Phi) is 24.4. The van der Waals surface area contributed by atoms with Gasteiger partial charge in [-0.05, 0) is 19.8 Å². The van der Waals surface area contributed by atoms with Crippen LogP contribution in [-0.2, 0) is 23.9 Å². The molecule has 40 heavy (non-hydrogen) atoms. The van der Waals surface area contributed by atoms with Gasteiger partial charge in [0.15, 0.2) is 0 Å². The highest BCUT2D eigenvalue weighted by molar-refractivity contribution is 5.92. The Bertz CT molecular complexity index is 688. The summed E-state index contributed by atoms with van der Waals surface area (Å²) in [5, 5.41) is 13.6. The zero-order valence-electron chi connectivity index (χ0n) is 25.9. The van der Waals surface area contributed by atoms with Crippen LogP contribution in [0.3, 0.4) is 0 Å². The van der Waals surface area contributed by atoms with Crippen LogP contribution in [-0.4, -0.2) is 72.6 Å². The molecule has 0 saturated heterocycles. The van der Waals surface area contributed by atoms with Gasteiger partial charge in [-0.2, -0.15) is 0 Å². The highest BCUT2D eigenvalue weighted by atomic mass is 16.5. The van der Waals surface area contributed by atoms with Crippen LogP contribution in [0.4, 0.5) is 0 Å². The van der Waals surface area contributed by atoms with E-state index < -0.39 is 36.4 Å². The first-order chi connectivity index (χ1) is 19.2. The summed E-state index contributed by atoms with van der Waals surface area (Å²) in [6, 6.07) is -1.81. The van der Waals surface area contributed by atoms with Gasteiger partial charge in [-0.1, -0.05) is 110 Å². The first-order valence-corrected chi connectivity index (χ1v) is 15.9. The third-order valence-electron chi connectivity index (χ3n) is 7.24. The molecule has 0 rings (SSSR count). The zero-order chi connectivity index (χ0) is 30.0. The lowest BCUT2D eigenvalue weighted by Crippen LogP contribution is -2.55. The van der Waals surface area contributed by atoms with E-state index >= 15 is 0 Å². The number of aliphatic carboxylic acids is 1. The third-order valence-corrected chi connectivity index (χ3v) is 7.24. The van der Waals surface area contributed by atoms with E-state index in [1.54, 1.807) is 7.05 Å². The molecule has 9 heteroatoms. The second-order valence-corrected chi connectivity index (χ2v) is 11.0. The standard InChI is InChI=1S/C31H59N3O6/c1-5-7-9-10-11-12-13-14-15-16-17-18-19-20-21-22-28(35)34(4)27(25-40-23-8-6-2)31(39)33-26(3)30(38)32-24-29(36)37/h26-27H,5-25H2,1-4H3,(H,32,38)(H,33,39)(H,36,37)/t26-,27-/m1/s1. The summed E-state index contributed by atoms with van der Waals surface area (Å²) in [6.45, 7) is 5.76. The fraction of sp³-hybridized carbons (Fsp3) is 0.871. The summed E-state index contributed by atoms with van der Waals surface area (Å²) in [5.41, 5.74) is 0. The van der Waals surface area contributed by atoms with E-state index in [4.69, 9.17) is 9.84 Å². The minimum Gasteiger partial charge on any atom is -0.480 e. The maximum atomic E-state index is 12.9. The van der Waals surface area contributed by atoms with Gasteiger partial charge < -0.3 is 25.4 Å². The Labute approximate surface area is 243 Å². The minimum atomic E-state index is -1.17. The number of rotatable bonds is 27. The number of nitrogens with zero attached hydrogens (tertiary/aromatic N) is 1. The van der Waals surface area contributed by atoms with Crippen molar-refractivity contribution < 1.29 is 29.0 Å². The SMILES string of the molecule is CCCCCCCCCCCCCCCCCC(=O)N(C)[C@H](COCCCC)C(=O)N[C@H](C)C(=O)NCC(=O)O. The number of carboxylic acid groups (broad SMARTS) is 1. The Balaban J connectivity index is 4.30. The Morgan fingerprint density at radius 2 is 1.20 bits per heavy atom. The first-order valence-electron chi connectivity index (χ1n) is 15.9. The molecule has 0 aromatic rings. The number of likely N-dealkylation sites (N-methyl/N-ethyl adjacent to an activating group) is 1. The Morgan fingerprint density at radius 3 is 1.68 bits per heavy atom. The number of ether oxygens (including phenoxy) is 1. The molecule has 0 fully saturated rings.